The van der Waals surface area contributed by atoms with Crippen LogP contribution in [0.25, 0.3) is 0 Å². The van der Waals surface area contributed by atoms with E-state index in [2.05, 4.69) is 0 Å². The molecule has 162 valence electrons. The Morgan fingerprint density at radius 1 is 0.933 bits per heavy atom. The van der Waals surface area contributed by atoms with Gasteiger partial charge in [0.25, 0.3) is 17.7 Å². The van der Waals surface area contributed by atoms with Crippen LogP contribution >= 0.6 is 0 Å². The molecule has 2 aliphatic heterocycles. The minimum absolute atomic E-state index is 0.0449. The van der Waals surface area contributed by atoms with Gasteiger partial charge in [-0.15, -0.1) is 0 Å². The van der Waals surface area contributed by atoms with Crippen LogP contribution in [-0.2, 0) is 14.3 Å². The van der Waals surface area contributed by atoms with E-state index in [1.54, 1.807) is 36.1 Å². The van der Waals surface area contributed by atoms with Gasteiger partial charge in [-0.25, -0.2) is 4.79 Å². The standard InChI is InChI=1S/C23H30N2O5/c1-15(2)14-19(25-21(27)17-10-6-7-11-18(17)22(25)28)23(29)30-16(3)20(26)24-12-8-4-5-9-13-24/h6-7,10-11,15-16,19H,4-5,8-9,12-14H2,1-3H3/t16-,19+/m0/s1. The third-order valence-corrected chi connectivity index (χ3v) is 5.66. The normalized spacial score (nSPS) is 18.8. The maximum absolute atomic E-state index is 13.0. The predicted molar refractivity (Wildman–Crippen MR) is 111 cm³/mol. The van der Waals surface area contributed by atoms with Crippen molar-refractivity contribution in [1.82, 2.24) is 9.80 Å². The molecule has 1 fully saturated rings. The second-order valence-electron chi connectivity index (χ2n) is 8.49. The van der Waals surface area contributed by atoms with E-state index in [0.29, 0.717) is 13.1 Å². The maximum Gasteiger partial charge on any atom is 0.330 e. The zero-order valence-corrected chi connectivity index (χ0v) is 17.9. The molecular formula is C23H30N2O5. The fourth-order valence-electron chi connectivity index (χ4n) is 4.10. The van der Waals surface area contributed by atoms with Crippen LogP contribution in [0, 0.1) is 5.92 Å². The van der Waals surface area contributed by atoms with Gasteiger partial charge in [-0.05, 0) is 44.2 Å². The van der Waals surface area contributed by atoms with Gasteiger partial charge in [0.2, 0.25) is 0 Å². The minimum atomic E-state index is -1.06. The van der Waals surface area contributed by atoms with Crippen LogP contribution in [0.5, 0.6) is 0 Å². The highest BCUT2D eigenvalue weighted by Crippen LogP contribution is 2.27. The Hall–Kier alpha value is -2.70. The van der Waals surface area contributed by atoms with E-state index in [0.717, 1.165) is 30.6 Å². The monoisotopic (exact) mass is 414 g/mol. The molecule has 0 N–H and O–H groups in total. The van der Waals surface area contributed by atoms with Crippen LogP contribution in [-0.4, -0.2) is 58.7 Å². The summed E-state index contributed by atoms with van der Waals surface area (Å²) in [6.45, 7) is 6.69. The first-order chi connectivity index (χ1) is 14.3. The molecule has 2 aliphatic rings. The lowest BCUT2D eigenvalue weighted by atomic mass is 10.0. The number of esters is 1. The number of carbonyl (C=O) groups is 4. The van der Waals surface area contributed by atoms with E-state index in [1.807, 2.05) is 13.8 Å². The van der Waals surface area contributed by atoms with Crippen molar-refractivity contribution < 1.29 is 23.9 Å². The number of rotatable bonds is 6. The SMILES string of the molecule is CC(C)C[C@H](C(=O)O[C@@H](C)C(=O)N1CCCCCC1)N1C(=O)c2ccccc2C1=O. The minimum Gasteiger partial charge on any atom is -0.451 e. The first kappa shape index (κ1) is 22.0. The van der Waals surface area contributed by atoms with Crippen molar-refractivity contribution in [3.05, 3.63) is 35.4 Å². The number of likely N-dealkylation sites (tertiary alicyclic amines) is 1. The summed E-state index contributed by atoms with van der Waals surface area (Å²) < 4.78 is 5.50. The molecule has 7 nitrogen and oxygen atoms in total. The van der Waals surface area contributed by atoms with E-state index < -0.39 is 29.9 Å². The second kappa shape index (κ2) is 9.41. The molecule has 0 aliphatic carbocycles. The van der Waals surface area contributed by atoms with E-state index in [1.165, 1.54) is 0 Å². The topological polar surface area (TPSA) is 84.0 Å². The number of amides is 3. The number of carbonyl (C=O) groups excluding carboxylic acids is 4. The fraction of sp³-hybridized carbons (Fsp3) is 0.565. The number of ether oxygens (including phenoxy) is 1. The van der Waals surface area contributed by atoms with Gasteiger partial charge in [0.05, 0.1) is 11.1 Å². The Kier molecular flexibility index (Phi) is 6.90. The van der Waals surface area contributed by atoms with Crippen molar-refractivity contribution in [3.8, 4) is 0 Å². The molecule has 0 spiro atoms. The van der Waals surface area contributed by atoms with Gasteiger partial charge in [0.15, 0.2) is 6.10 Å². The first-order valence-corrected chi connectivity index (χ1v) is 10.8. The molecule has 0 aromatic heterocycles. The average molecular weight is 415 g/mol. The highest BCUT2D eigenvalue weighted by Gasteiger charge is 2.44. The fourth-order valence-corrected chi connectivity index (χ4v) is 4.10. The molecule has 1 saturated heterocycles. The van der Waals surface area contributed by atoms with E-state index in [9.17, 15) is 19.2 Å². The molecule has 7 heteroatoms. The number of fused-ring (bicyclic) bond motifs is 1. The Bertz CT molecular complexity index is 792. The third-order valence-electron chi connectivity index (χ3n) is 5.66. The Balaban J connectivity index is 1.75. The number of imide groups is 1. The zero-order chi connectivity index (χ0) is 21.8. The van der Waals surface area contributed by atoms with Crippen LogP contribution < -0.4 is 0 Å². The van der Waals surface area contributed by atoms with Crippen LogP contribution in [0.4, 0.5) is 0 Å². The lowest BCUT2D eigenvalue weighted by Crippen LogP contribution is -2.49. The molecule has 2 atom stereocenters. The van der Waals surface area contributed by atoms with Crippen LogP contribution in [0.15, 0.2) is 24.3 Å². The summed E-state index contributed by atoms with van der Waals surface area (Å²) in [5.41, 5.74) is 0.579. The van der Waals surface area contributed by atoms with Crippen molar-refractivity contribution in [2.75, 3.05) is 13.1 Å². The van der Waals surface area contributed by atoms with Crippen molar-refractivity contribution in [2.45, 2.75) is 65.0 Å². The molecule has 0 saturated carbocycles. The van der Waals surface area contributed by atoms with E-state index >= 15 is 0 Å². The first-order valence-electron chi connectivity index (χ1n) is 10.8. The Morgan fingerprint density at radius 2 is 1.47 bits per heavy atom. The largest absolute Gasteiger partial charge is 0.451 e. The summed E-state index contributed by atoms with van der Waals surface area (Å²) >= 11 is 0. The van der Waals surface area contributed by atoms with Gasteiger partial charge in [-0.3, -0.25) is 19.3 Å². The molecule has 3 amide bonds. The molecule has 0 bridgehead atoms. The second-order valence-corrected chi connectivity index (χ2v) is 8.49. The van der Waals surface area contributed by atoms with Crippen molar-refractivity contribution in [1.29, 1.82) is 0 Å². The summed E-state index contributed by atoms with van der Waals surface area (Å²) in [6.07, 6.45) is 3.38. The summed E-state index contributed by atoms with van der Waals surface area (Å²) in [6, 6.07) is 5.48. The number of nitrogens with zero attached hydrogens (tertiary/aromatic N) is 2. The van der Waals surface area contributed by atoms with Gasteiger partial charge in [0, 0.05) is 13.1 Å². The van der Waals surface area contributed by atoms with Gasteiger partial charge in [0.1, 0.15) is 6.04 Å². The number of benzene rings is 1. The lowest BCUT2D eigenvalue weighted by molar-refractivity contribution is -0.162. The quantitative estimate of drug-likeness (QED) is 0.528. The smallest absolute Gasteiger partial charge is 0.330 e. The predicted octanol–water partition coefficient (Wildman–Crippen LogP) is 3.03. The van der Waals surface area contributed by atoms with Crippen molar-refractivity contribution in [2.24, 2.45) is 5.92 Å². The third kappa shape index (κ3) is 4.55. The summed E-state index contributed by atoms with van der Waals surface area (Å²) in [4.78, 5) is 54.3. The summed E-state index contributed by atoms with van der Waals surface area (Å²) in [5, 5.41) is 0. The molecule has 1 aromatic carbocycles. The van der Waals surface area contributed by atoms with Gasteiger partial charge >= 0.3 is 5.97 Å². The number of hydrogen-bond acceptors (Lipinski definition) is 5. The molecule has 1 aromatic rings. The summed E-state index contributed by atoms with van der Waals surface area (Å²) in [5.74, 6) is -1.89. The van der Waals surface area contributed by atoms with Crippen molar-refractivity contribution in [3.63, 3.8) is 0 Å². The van der Waals surface area contributed by atoms with Gasteiger partial charge in [-0.2, -0.15) is 0 Å². The molecular weight excluding hydrogens is 384 g/mol. The van der Waals surface area contributed by atoms with Gasteiger partial charge < -0.3 is 9.64 Å². The van der Waals surface area contributed by atoms with E-state index in [-0.39, 0.29) is 29.4 Å². The Morgan fingerprint density at radius 3 is 1.97 bits per heavy atom. The van der Waals surface area contributed by atoms with E-state index in [4.69, 9.17) is 4.74 Å². The Labute approximate surface area is 177 Å². The summed E-state index contributed by atoms with van der Waals surface area (Å²) in [7, 11) is 0. The molecule has 3 rings (SSSR count). The molecule has 0 unspecified atom stereocenters. The number of hydrogen-bond donors (Lipinski definition) is 0. The molecule has 0 radical (unpaired) electrons. The average Bonchev–Trinajstić information content (AvgIpc) is 2.89. The lowest BCUT2D eigenvalue weighted by Gasteiger charge is -2.29. The van der Waals surface area contributed by atoms with Gasteiger partial charge in [-0.1, -0.05) is 38.8 Å². The zero-order valence-electron chi connectivity index (χ0n) is 17.9. The highest BCUT2D eigenvalue weighted by molar-refractivity contribution is 6.22. The van der Waals surface area contributed by atoms with Crippen LogP contribution in [0.3, 0.4) is 0 Å². The highest BCUT2D eigenvalue weighted by atomic mass is 16.5. The maximum atomic E-state index is 13.0. The van der Waals surface area contributed by atoms with Crippen molar-refractivity contribution >= 4 is 23.7 Å². The molecule has 30 heavy (non-hydrogen) atoms. The van der Waals surface area contributed by atoms with Crippen LogP contribution in [0.1, 0.15) is 73.6 Å². The van der Waals surface area contributed by atoms with Crippen LogP contribution in [0.2, 0.25) is 0 Å². The molecule has 2 heterocycles.